The fourth-order valence-electron chi connectivity index (χ4n) is 1.56. The highest BCUT2D eigenvalue weighted by Crippen LogP contribution is 2.31. The molecule has 1 atom stereocenters. The molecule has 0 spiro atoms. The van der Waals surface area contributed by atoms with Crippen LogP contribution in [-0.2, 0) is 4.79 Å². The van der Waals surface area contributed by atoms with Crippen LogP contribution in [0.25, 0.3) is 0 Å². The van der Waals surface area contributed by atoms with Crippen molar-refractivity contribution in [2.75, 3.05) is 5.32 Å². The summed E-state index contributed by atoms with van der Waals surface area (Å²) in [5.74, 6) is -0.154. The van der Waals surface area contributed by atoms with Gasteiger partial charge in [-0.05, 0) is 31.0 Å². The minimum absolute atomic E-state index is 0.154. The minimum Gasteiger partial charge on any atom is -0.362 e. The molecule has 0 bridgehead atoms. The third-order valence-electron chi connectivity index (χ3n) is 2.44. The quantitative estimate of drug-likeness (QED) is 0.635. The van der Waals surface area contributed by atoms with Gasteiger partial charge in [0.25, 0.3) is 0 Å². The van der Waals surface area contributed by atoms with Crippen molar-refractivity contribution in [3.63, 3.8) is 0 Å². The van der Waals surface area contributed by atoms with Crippen molar-refractivity contribution in [1.29, 1.82) is 0 Å². The van der Waals surface area contributed by atoms with Gasteiger partial charge < -0.3 is 10.6 Å². The zero-order valence-electron chi connectivity index (χ0n) is 10.8. The number of anilines is 1. The second kappa shape index (κ2) is 7.22. The number of carbonyl (C=O) groups is 1. The highest BCUT2D eigenvalue weighted by Gasteiger charge is 2.33. The van der Waals surface area contributed by atoms with Gasteiger partial charge in [-0.15, -0.1) is 0 Å². The van der Waals surface area contributed by atoms with E-state index in [1.807, 2.05) is 38.1 Å². The maximum absolute atomic E-state index is 11.6. The molecule has 19 heavy (non-hydrogen) atoms. The second-order valence-corrected chi connectivity index (χ2v) is 6.67. The number of hydrogen-bond acceptors (Lipinski definition) is 2. The fourth-order valence-corrected chi connectivity index (χ4v) is 1.89. The highest BCUT2D eigenvalue weighted by atomic mass is 35.6. The van der Waals surface area contributed by atoms with E-state index in [2.05, 4.69) is 10.6 Å². The first-order valence-electron chi connectivity index (χ1n) is 6.02. The van der Waals surface area contributed by atoms with Crippen LogP contribution in [0.4, 0.5) is 5.69 Å². The lowest BCUT2D eigenvalue weighted by molar-refractivity contribution is -0.121. The Kier molecular flexibility index (Phi) is 6.24. The van der Waals surface area contributed by atoms with Crippen molar-refractivity contribution < 1.29 is 4.79 Å². The van der Waals surface area contributed by atoms with Gasteiger partial charge in [0.1, 0.15) is 6.17 Å². The predicted octanol–water partition coefficient (Wildman–Crippen LogP) is 4.02. The molecule has 106 valence electrons. The molecule has 1 amide bonds. The summed E-state index contributed by atoms with van der Waals surface area (Å²) >= 11 is 17.7. The molecule has 3 nitrogen and oxygen atoms in total. The molecule has 0 unspecified atom stereocenters. The smallest absolute Gasteiger partial charge is 0.228 e. The number of nitrogens with one attached hydrogen (secondary N) is 2. The Labute approximate surface area is 128 Å². The zero-order valence-corrected chi connectivity index (χ0v) is 13.1. The largest absolute Gasteiger partial charge is 0.362 e. The van der Waals surface area contributed by atoms with Crippen LogP contribution in [0.2, 0.25) is 0 Å². The molecule has 0 aliphatic rings. The Bertz CT molecular complexity index is 432. The molecular formula is C13H17Cl3N2O. The Morgan fingerprint density at radius 1 is 1.37 bits per heavy atom. The van der Waals surface area contributed by atoms with Gasteiger partial charge in [0.15, 0.2) is 0 Å². The number of rotatable bonds is 5. The molecule has 0 aromatic heterocycles. The molecule has 2 N–H and O–H groups in total. The van der Waals surface area contributed by atoms with Crippen LogP contribution in [0.3, 0.4) is 0 Å². The second-order valence-electron chi connectivity index (χ2n) is 4.31. The van der Waals surface area contributed by atoms with E-state index in [9.17, 15) is 4.79 Å². The summed E-state index contributed by atoms with van der Waals surface area (Å²) < 4.78 is -1.63. The SMILES string of the molecule is CCCC(=O)N[C@H](Nc1cccc(C)c1)C(Cl)(Cl)Cl. The van der Waals surface area contributed by atoms with E-state index in [4.69, 9.17) is 34.8 Å². The van der Waals surface area contributed by atoms with E-state index < -0.39 is 9.96 Å². The lowest BCUT2D eigenvalue weighted by atomic mass is 10.2. The third-order valence-corrected chi connectivity index (χ3v) is 3.09. The summed E-state index contributed by atoms with van der Waals surface area (Å²) in [6, 6.07) is 7.62. The fraction of sp³-hybridized carbons (Fsp3) is 0.462. The van der Waals surface area contributed by atoms with Gasteiger partial charge in [-0.1, -0.05) is 53.9 Å². The maximum atomic E-state index is 11.6. The summed E-state index contributed by atoms with van der Waals surface area (Å²) in [7, 11) is 0. The number of aryl methyl sites for hydroxylation is 1. The summed E-state index contributed by atoms with van der Waals surface area (Å²) in [4.78, 5) is 11.6. The topological polar surface area (TPSA) is 41.1 Å². The first-order chi connectivity index (χ1) is 8.82. The standard InChI is InChI=1S/C13H17Cl3N2O/c1-3-5-11(19)18-12(13(14,15)16)17-10-7-4-6-9(2)8-10/h4,6-8,12,17H,3,5H2,1-2H3,(H,18,19)/t12-/m0/s1. The van der Waals surface area contributed by atoms with Crippen LogP contribution in [0, 0.1) is 6.92 Å². The van der Waals surface area contributed by atoms with E-state index in [0.29, 0.717) is 6.42 Å². The van der Waals surface area contributed by atoms with Crippen molar-refractivity contribution in [2.24, 2.45) is 0 Å². The van der Waals surface area contributed by atoms with Crippen LogP contribution in [0.1, 0.15) is 25.3 Å². The molecule has 1 aromatic carbocycles. The predicted molar refractivity (Wildman–Crippen MR) is 81.9 cm³/mol. The number of benzene rings is 1. The summed E-state index contributed by atoms with van der Waals surface area (Å²) in [5, 5.41) is 5.70. The lowest BCUT2D eigenvalue weighted by Crippen LogP contribution is -2.49. The average molecular weight is 324 g/mol. The van der Waals surface area contributed by atoms with Crippen LogP contribution < -0.4 is 10.6 Å². The van der Waals surface area contributed by atoms with Gasteiger partial charge in [0.05, 0.1) is 0 Å². The van der Waals surface area contributed by atoms with Crippen LogP contribution >= 0.6 is 34.8 Å². The molecule has 0 fully saturated rings. The molecule has 6 heteroatoms. The van der Waals surface area contributed by atoms with Crippen LogP contribution in [0.5, 0.6) is 0 Å². The summed E-state index contributed by atoms with van der Waals surface area (Å²) in [6.45, 7) is 3.88. The summed E-state index contributed by atoms with van der Waals surface area (Å²) in [5.41, 5.74) is 1.86. The minimum atomic E-state index is -1.63. The van der Waals surface area contributed by atoms with Gasteiger partial charge in [0, 0.05) is 12.1 Å². The van der Waals surface area contributed by atoms with Gasteiger partial charge in [-0.3, -0.25) is 4.79 Å². The van der Waals surface area contributed by atoms with Gasteiger partial charge in [0.2, 0.25) is 9.70 Å². The Morgan fingerprint density at radius 3 is 2.58 bits per heavy atom. The van der Waals surface area contributed by atoms with Crippen molar-refractivity contribution >= 4 is 46.4 Å². The maximum Gasteiger partial charge on any atom is 0.228 e. The molecule has 0 radical (unpaired) electrons. The van der Waals surface area contributed by atoms with E-state index in [-0.39, 0.29) is 5.91 Å². The molecule has 0 aliphatic carbocycles. The van der Waals surface area contributed by atoms with Crippen molar-refractivity contribution in [1.82, 2.24) is 5.32 Å². The average Bonchev–Trinajstić information content (AvgIpc) is 2.27. The first kappa shape index (κ1) is 16.4. The van der Waals surface area contributed by atoms with E-state index >= 15 is 0 Å². The van der Waals surface area contributed by atoms with Gasteiger partial charge in [-0.2, -0.15) is 0 Å². The van der Waals surface area contributed by atoms with E-state index in [1.165, 1.54) is 0 Å². The van der Waals surface area contributed by atoms with Gasteiger partial charge in [-0.25, -0.2) is 0 Å². The van der Waals surface area contributed by atoms with Gasteiger partial charge >= 0.3 is 0 Å². The Balaban J connectivity index is 2.78. The molecule has 0 saturated carbocycles. The number of halogens is 3. The molecule has 0 aliphatic heterocycles. The highest BCUT2D eigenvalue weighted by molar-refractivity contribution is 6.68. The molecule has 0 heterocycles. The molecule has 0 saturated heterocycles. The summed E-state index contributed by atoms with van der Waals surface area (Å²) in [6.07, 6.45) is 0.355. The Hall–Kier alpha value is -0.640. The van der Waals surface area contributed by atoms with Crippen molar-refractivity contribution in [3.05, 3.63) is 29.8 Å². The van der Waals surface area contributed by atoms with E-state index in [1.54, 1.807) is 0 Å². The number of carbonyl (C=O) groups excluding carboxylic acids is 1. The molecular weight excluding hydrogens is 307 g/mol. The van der Waals surface area contributed by atoms with Crippen LogP contribution in [0.15, 0.2) is 24.3 Å². The first-order valence-corrected chi connectivity index (χ1v) is 7.15. The zero-order chi connectivity index (χ0) is 14.5. The lowest BCUT2D eigenvalue weighted by Gasteiger charge is -2.27. The third kappa shape index (κ3) is 5.89. The molecule has 1 rings (SSSR count). The Morgan fingerprint density at radius 2 is 2.05 bits per heavy atom. The normalized spacial score (nSPS) is 12.9. The number of amides is 1. The van der Waals surface area contributed by atoms with Crippen LogP contribution in [-0.4, -0.2) is 15.9 Å². The van der Waals surface area contributed by atoms with E-state index in [0.717, 1.165) is 17.7 Å². The molecule has 1 aromatic rings. The van der Waals surface area contributed by atoms with Crippen molar-refractivity contribution in [2.45, 2.75) is 36.6 Å². The number of hydrogen-bond donors (Lipinski definition) is 2. The number of alkyl halides is 3. The van der Waals surface area contributed by atoms with Crippen molar-refractivity contribution in [3.8, 4) is 0 Å². The monoisotopic (exact) mass is 322 g/mol.